The largest absolute Gasteiger partial charge is 0.421 e. The molecular formula is C17H20F3N3O3S2. The van der Waals surface area contributed by atoms with Gasteiger partial charge in [-0.1, -0.05) is 12.1 Å². The highest BCUT2D eigenvalue weighted by atomic mass is 32.2. The molecule has 0 spiro atoms. The number of rotatable bonds is 4. The molecule has 0 amide bonds. The molecule has 6 nitrogen and oxygen atoms in total. The second kappa shape index (κ2) is 7.29. The van der Waals surface area contributed by atoms with Gasteiger partial charge in [0.1, 0.15) is 0 Å². The van der Waals surface area contributed by atoms with Gasteiger partial charge in [0.05, 0.1) is 0 Å². The van der Waals surface area contributed by atoms with Gasteiger partial charge in [0.15, 0.2) is 5.60 Å². The van der Waals surface area contributed by atoms with Crippen molar-refractivity contribution in [2.45, 2.75) is 36.0 Å². The molecular weight excluding hydrogens is 415 g/mol. The minimum absolute atomic E-state index is 0.0480. The van der Waals surface area contributed by atoms with Crippen LogP contribution in [0.1, 0.15) is 19.4 Å². The maximum absolute atomic E-state index is 13.0. The fraction of sp³-hybridized carbons (Fsp3) is 0.471. The van der Waals surface area contributed by atoms with E-state index in [1.807, 2.05) is 11.8 Å². The van der Waals surface area contributed by atoms with E-state index in [-0.39, 0.29) is 29.0 Å². The van der Waals surface area contributed by atoms with E-state index in [0.717, 1.165) is 11.3 Å². The highest BCUT2D eigenvalue weighted by Gasteiger charge is 2.51. The number of thiazole rings is 1. The van der Waals surface area contributed by atoms with Crippen LogP contribution in [0.5, 0.6) is 0 Å². The number of piperazine rings is 1. The van der Waals surface area contributed by atoms with Gasteiger partial charge in [-0.25, -0.2) is 13.4 Å². The van der Waals surface area contributed by atoms with E-state index in [9.17, 15) is 26.7 Å². The van der Waals surface area contributed by atoms with E-state index < -0.39 is 21.8 Å². The van der Waals surface area contributed by atoms with Crippen molar-refractivity contribution in [1.82, 2.24) is 9.29 Å². The highest BCUT2D eigenvalue weighted by Crippen LogP contribution is 2.39. The number of alkyl halides is 3. The zero-order chi connectivity index (χ0) is 20.7. The molecule has 0 bridgehead atoms. The Morgan fingerprint density at radius 2 is 1.86 bits per heavy atom. The van der Waals surface area contributed by atoms with Crippen molar-refractivity contribution in [3.05, 3.63) is 41.4 Å². The van der Waals surface area contributed by atoms with Gasteiger partial charge in [-0.3, -0.25) is 0 Å². The molecule has 11 heteroatoms. The van der Waals surface area contributed by atoms with Gasteiger partial charge in [0, 0.05) is 42.9 Å². The maximum atomic E-state index is 13.0. The summed E-state index contributed by atoms with van der Waals surface area (Å²) in [6.45, 7) is 3.44. The number of aliphatic hydroxyl groups is 1. The highest BCUT2D eigenvalue weighted by molar-refractivity contribution is 7.91. The fourth-order valence-corrected chi connectivity index (χ4v) is 5.59. The average Bonchev–Trinajstić information content (AvgIpc) is 3.16. The molecule has 1 aliphatic rings. The third-order valence-corrected chi connectivity index (χ3v) is 7.92. The smallest absolute Gasteiger partial charge is 0.376 e. The van der Waals surface area contributed by atoms with Gasteiger partial charge >= 0.3 is 6.18 Å². The lowest BCUT2D eigenvalue weighted by atomic mass is 9.95. The molecule has 1 N–H and O–H groups in total. The number of nitrogens with zero attached hydrogens (tertiary/aromatic N) is 3. The van der Waals surface area contributed by atoms with Crippen LogP contribution in [0, 0.1) is 0 Å². The Bertz CT molecular complexity index is 913. The lowest BCUT2D eigenvalue weighted by Gasteiger charge is -2.40. The predicted molar refractivity (Wildman–Crippen MR) is 99.7 cm³/mol. The molecule has 0 radical (unpaired) electrons. The first-order valence-corrected chi connectivity index (χ1v) is 10.8. The average molecular weight is 435 g/mol. The first kappa shape index (κ1) is 21.0. The monoisotopic (exact) mass is 435 g/mol. The molecule has 1 aromatic carbocycles. The van der Waals surface area contributed by atoms with Crippen LogP contribution < -0.4 is 4.90 Å². The molecule has 0 aliphatic carbocycles. The summed E-state index contributed by atoms with van der Waals surface area (Å²) in [5.74, 6) is 0. The molecule has 1 saturated heterocycles. The SMILES string of the molecule is C[C@H]1CN(S(=O)(=O)c2nccs2)CCN1c1ccc([C@](C)(O)C(F)(F)F)cc1. The lowest BCUT2D eigenvalue weighted by molar-refractivity contribution is -0.258. The second-order valence-electron chi connectivity index (χ2n) is 6.82. The lowest BCUT2D eigenvalue weighted by Crippen LogP contribution is -2.53. The first-order valence-electron chi connectivity index (χ1n) is 8.50. The Balaban J connectivity index is 1.75. The third-order valence-electron chi connectivity index (χ3n) is 4.87. The minimum atomic E-state index is -4.78. The predicted octanol–water partition coefficient (Wildman–Crippen LogP) is 2.81. The molecule has 154 valence electrons. The number of aromatic nitrogens is 1. The molecule has 0 unspecified atom stereocenters. The van der Waals surface area contributed by atoms with E-state index in [1.165, 1.54) is 34.8 Å². The molecule has 2 atom stereocenters. The Labute approximate surface area is 165 Å². The van der Waals surface area contributed by atoms with Gasteiger partial charge in [-0.15, -0.1) is 11.3 Å². The Hall–Kier alpha value is -1.69. The van der Waals surface area contributed by atoms with Crippen LogP contribution >= 0.6 is 11.3 Å². The fourth-order valence-electron chi connectivity index (χ4n) is 3.12. The quantitative estimate of drug-likeness (QED) is 0.800. The summed E-state index contributed by atoms with van der Waals surface area (Å²) in [5, 5.41) is 11.4. The molecule has 0 saturated carbocycles. The molecule has 2 aromatic rings. The zero-order valence-electron chi connectivity index (χ0n) is 15.2. The Kier molecular flexibility index (Phi) is 5.47. The van der Waals surface area contributed by atoms with Crippen molar-refractivity contribution in [1.29, 1.82) is 0 Å². The topological polar surface area (TPSA) is 73.7 Å². The first-order chi connectivity index (χ1) is 12.9. The number of hydrogen-bond donors (Lipinski definition) is 1. The summed E-state index contributed by atoms with van der Waals surface area (Å²) >= 11 is 1.06. The summed E-state index contributed by atoms with van der Waals surface area (Å²) in [5.41, 5.74) is -2.51. The van der Waals surface area contributed by atoms with Gasteiger partial charge in [-0.2, -0.15) is 17.5 Å². The molecule has 3 rings (SSSR count). The van der Waals surface area contributed by atoms with Crippen LogP contribution in [0.2, 0.25) is 0 Å². The van der Waals surface area contributed by atoms with Crippen LogP contribution in [-0.4, -0.2) is 54.7 Å². The Morgan fingerprint density at radius 1 is 1.21 bits per heavy atom. The molecule has 1 aliphatic heterocycles. The Morgan fingerprint density at radius 3 is 2.36 bits per heavy atom. The summed E-state index contributed by atoms with van der Waals surface area (Å²) < 4.78 is 65.6. The number of anilines is 1. The number of benzene rings is 1. The van der Waals surface area contributed by atoms with Crippen molar-refractivity contribution in [3.63, 3.8) is 0 Å². The normalized spacial score (nSPS) is 21.5. The second-order valence-corrected chi connectivity index (χ2v) is 9.83. The van der Waals surface area contributed by atoms with E-state index in [4.69, 9.17) is 0 Å². The van der Waals surface area contributed by atoms with E-state index >= 15 is 0 Å². The molecule has 28 heavy (non-hydrogen) atoms. The standard InChI is InChI=1S/C17H20F3N3O3S2/c1-12-11-22(28(25,26)15-21-7-10-27-15)8-9-23(12)14-5-3-13(4-6-14)16(2,24)17(18,19)20/h3-7,10,12,24H,8-9,11H2,1-2H3/t12-,16-/m0/s1. The summed E-state index contributed by atoms with van der Waals surface area (Å²) in [7, 11) is -3.64. The van der Waals surface area contributed by atoms with Crippen molar-refractivity contribution in [3.8, 4) is 0 Å². The van der Waals surface area contributed by atoms with Crippen LogP contribution in [0.3, 0.4) is 0 Å². The summed E-state index contributed by atoms with van der Waals surface area (Å²) in [6.07, 6.45) is -3.34. The van der Waals surface area contributed by atoms with Gasteiger partial charge in [0.25, 0.3) is 10.0 Å². The van der Waals surface area contributed by atoms with Gasteiger partial charge < -0.3 is 10.0 Å². The van der Waals surface area contributed by atoms with Crippen molar-refractivity contribution < 1.29 is 26.7 Å². The van der Waals surface area contributed by atoms with Crippen LogP contribution in [0.4, 0.5) is 18.9 Å². The van der Waals surface area contributed by atoms with Gasteiger partial charge in [-0.05, 0) is 31.5 Å². The van der Waals surface area contributed by atoms with E-state index in [0.29, 0.717) is 19.2 Å². The molecule has 1 aromatic heterocycles. The third kappa shape index (κ3) is 3.76. The molecule has 1 fully saturated rings. The van der Waals surface area contributed by atoms with Crippen LogP contribution in [-0.2, 0) is 15.6 Å². The number of halogens is 3. The summed E-state index contributed by atoms with van der Waals surface area (Å²) in [4.78, 5) is 5.81. The van der Waals surface area contributed by atoms with Gasteiger partial charge in [0.2, 0.25) is 4.34 Å². The summed E-state index contributed by atoms with van der Waals surface area (Å²) in [6, 6.07) is 5.33. The van der Waals surface area contributed by atoms with Crippen LogP contribution in [0.15, 0.2) is 40.2 Å². The molecule has 2 heterocycles. The van der Waals surface area contributed by atoms with E-state index in [2.05, 4.69) is 4.98 Å². The van der Waals surface area contributed by atoms with E-state index in [1.54, 1.807) is 5.38 Å². The minimum Gasteiger partial charge on any atom is -0.376 e. The van der Waals surface area contributed by atoms with Crippen molar-refractivity contribution in [2.75, 3.05) is 24.5 Å². The number of sulfonamides is 1. The number of hydrogen-bond acceptors (Lipinski definition) is 6. The van der Waals surface area contributed by atoms with Crippen molar-refractivity contribution >= 4 is 27.0 Å². The zero-order valence-corrected chi connectivity index (χ0v) is 16.9. The van der Waals surface area contributed by atoms with Crippen LogP contribution in [0.25, 0.3) is 0 Å². The maximum Gasteiger partial charge on any atom is 0.421 e. The van der Waals surface area contributed by atoms with Crippen molar-refractivity contribution in [2.24, 2.45) is 0 Å².